The molecule has 2 heteroatoms. The third-order valence-electron chi connectivity index (χ3n) is 2.53. The summed E-state index contributed by atoms with van der Waals surface area (Å²) in [6, 6.07) is 0.507. The number of fused-ring (bicyclic) bond motifs is 2. The largest absolute Gasteiger partial charge is 0.296 e. The summed E-state index contributed by atoms with van der Waals surface area (Å²) >= 11 is 0. The van der Waals surface area contributed by atoms with Gasteiger partial charge < -0.3 is 0 Å². The minimum atomic E-state index is 0.253. The predicted octanol–water partition coefficient (Wildman–Crippen LogP) is 1.98. The predicted molar refractivity (Wildman–Crippen MR) is 51.7 cm³/mol. The van der Waals surface area contributed by atoms with Crippen LogP contribution in [-0.4, -0.2) is 17.0 Å². The molecule has 13 heavy (non-hydrogen) atoms. The van der Waals surface area contributed by atoms with Crippen molar-refractivity contribution in [2.75, 3.05) is 0 Å². The number of hydrogen-bond donors (Lipinski definition) is 0. The zero-order valence-electron chi connectivity index (χ0n) is 7.43. The standard InChI is InChI=1S/C11H12N2/c12-9-13-10-5-1-2-6-11(13)8-4-3-7-10/h1-6,10-11H,7-8H2. The molecular weight excluding hydrogens is 160 g/mol. The quantitative estimate of drug-likeness (QED) is 0.412. The van der Waals surface area contributed by atoms with E-state index in [-0.39, 0.29) is 12.1 Å². The Morgan fingerprint density at radius 3 is 2.08 bits per heavy atom. The topological polar surface area (TPSA) is 27.0 Å². The second-order valence-corrected chi connectivity index (χ2v) is 3.35. The zero-order valence-corrected chi connectivity index (χ0v) is 7.43. The van der Waals surface area contributed by atoms with Crippen LogP contribution in [0.15, 0.2) is 36.5 Å². The SMILES string of the molecule is N#CN1C2C=CC=CC1CC=CC2. The summed E-state index contributed by atoms with van der Waals surface area (Å²) in [7, 11) is 0. The maximum absolute atomic E-state index is 9.03. The Hall–Kier alpha value is -1.49. The van der Waals surface area contributed by atoms with Gasteiger partial charge in [0.15, 0.2) is 6.19 Å². The third-order valence-corrected chi connectivity index (χ3v) is 2.53. The first-order valence-corrected chi connectivity index (χ1v) is 4.60. The number of nitriles is 1. The van der Waals surface area contributed by atoms with Crippen LogP contribution in [0.5, 0.6) is 0 Å². The average molecular weight is 172 g/mol. The van der Waals surface area contributed by atoms with Crippen LogP contribution in [0.3, 0.4) is 0 Å². The fourth-order valence-corrected chi connectivity index (χ4v) is 1.82. The molecule has 0 radical (unpaired) electrons. The summed E-state index contributed by atoms with van der Waals surface area (Å²) in [4.78, 5) is 1.88. The molecule has 0 saturated carbocycles. The van der Waals surface area contributed by atoms with E-state index in [1.807, 2.05) is 17.1 Å². The van der Waals surface area contributed by atoms with Crippen LogP contribution < -0.4 is 0 Å². The molecule has 2 aliphatic rings. The van der Waals surface area contributed by atoms with Crippen molar-refractivity contribution < 1.29 is 0 Å². The fraction of sp³-hybridized carbons (Fsp3) is 0.364. The highest BCUT2D eigenvalue weighted by Gasteiger charge is 2.23. The molecule has 2 atom stereocenters. The first-order chi connectivity index (χ1) is 6.42. The van der Waals surface area contributed by atoms with Gasteiger partial charge in [-0.15, -0.1) is 0 Å². The summed E-state index contributed by atoms with van der Waals surface area (Å²) < 4.78 is 0. The lowest BCUT2D eigenvalue weighted by molar-refractivity contribution is 0.295. The summed E-state index contributed by atoms with van der Waals surface area (Å²) in [5, 5.41) is 9.03. The summed E-state index contributed by atoms with van der Waals surface area (Å²) in [6.07, 6.45) is 16.8. The van der Waals surface area contributed by atoms with Crippen LogP contribution in [0.2, 0.25) is 0 Å². The van der Waals surface area contributed by atoms with E-state index in [4.69, 9.17) is 5.26 Å². The molecule has 0 aromatic rings. The lowest BCUT2D eigenvalue weighted by Gasteiger charge is -2.26. The van der Waals surface area contributed by atoms with E-state index < -0.39 is 0 Å². The second-order valence-electron chi connectivity index (χ2n) is 3.35. The first kappa shape index (κ1) is 8.12. The molecule has 2 heterocycles. The number of allylic oxidation sites excluding steroid dienone is 2. The maximum atomic E-state index is 9.03. The molecule has 2 nitrogen and oxygen atoms in total. The molecule has 0 aromatic carbocycles. The van der Waals surface area contributed by atoms with Crippen molar-refractivity contribution in [1.29, 1.82) is 5.26 Å². The maximum Gasteiger partial charge on any atom is 0.180 e. The van der Waals surface area contributed by atoms with Crippen molar-refractivity contribution in [2.24, 2.45) is 0 Å². The second kappa shape index (κ2) is 3.49. The van der Waals surface area contributed by atoms with E-state index in [1.165, 1.54) is 0 Å². The van der Waals surface area contributed by atoms with Gasteiger partial charge in [-0.1, -0.05) is 36.5 Å². The third kappa shape index (κ3) is 1.50. The Kier molecular flexibility index (Phi) is 2.18. The van der Waals surface area contributed by atoms with Crippen molar-refractivity contribution in [3.63, 3.8) is 0 Å². The van der Waals surface area contributed by atoms with Gasteiger partial charge in [-0.25, -0.2) is 0 Å². The Morgan fingerprint density at radius 2 is 1.62 bits per heavy atom. The van der Waals surface area contributed by atoms with Crippen molar-refractivity contribution in [2.45, 2.75) is 24.9 Å². The molecule has 2 rings (SSSR count). The Balaban J connectivity index is 2.32. The molecule has 66 valence electrons. The molecule has 2 aliphatic heterocycles. The van der Waals surface area contributed by atoms with Crippen molar-refractivity contribution in [3.8, 4) is 6.19 Å². The van der Waals surface area contributed by atoms with Crippen LogP contribution >= 0.6 is 0 Å². The van der Waals surface area contributed by atoms with E-state index in [0.717, 1.165) is 12.8 Å². The van der Waals surface area contributed by atoms with Gasteiger partial charge >= 0.3 is 0 Å². The van der Waals surface area contributed by atoms with E-state index in [0.29, 0.717) is 0 Å². The normalized spacial score (nSPS) is 30.8. The van der Waals surface area contributed by atoms with Crippen LogP contribution in [0.1, 0.15) is 12.8 Å². The van der Waals surface area contributed by atoms with Gasteiger partial charge in [-0.3, -0.25) is 4.90 Å². The highest BCUT2D eigenvalue weighted by Crippen LogP contribution is 2.20. The molecule has 0 fully saturated rings. The molecule has 2 unspecified atom stereocenters. The van der Waals surface area contributed by atoms with E-state index >= 15 is 0 Å². The van der Waals surface area contributed by atoms with Gasteiger partial charge in [0.05, 0.1) is 12.1 Å². The van der Waals surface area contributed by atoms with Gasteiger partial charge in [0, 0.05) is 0 Å². The molecule has 0 aromatic heterocycles. The van der Waals surface area contributed by atoms with E-state index in [2.05, 4.69) is 30.5 Å². The highest BCUT2D eigenvalue weighted by atomic mass is 15.2. The highest BCUT2D eigenvalue weighted by molar-refractivity contribution is 5.20. The van der Waals surface area contributed by atoms with Gasteiger partial charge in [-0.2, -0.15) is 5.26 Å². The average Bonchev–Trinajstić information content (AvgIpc) is 2.47. The van der Waals surface area contributed by atoms with Crippen LogP contribution in [0.25, 0.3) is 0 Å². The van der Waals surface area contributed by atoms with Crippen LogP contribution in [0.4, 0.5) is 0 Å². The minimum absolute atomic E-state index is 0.253. The number of rotatable bonds is 0. The smallest absolute Gasteiger partial charge is 0.180 e. The van der Waals surface area contributed by atoms with E-state index in [1.54, 1.807) is 0 Å². The van der Waals surface area contributed by atoms with Crippen LogP contribution in [-0.2, 0) is 0 Å². The fourth-order valence-electron chi connectivity index (χ4n) is 1.82. The van der Waals surface area contributed by atoms with Gasteiger partial charge in [0.2, 0.25) is 0 Å². The lowest BCUT2D eigenvalue weighted by Crippen LogP contribution is -2.35. The van der Waals surface area contributed by atoms with Crippen LogP contribution in [0, 0.1) is 11.5 Å². The molecule has 0 amide bonds. The van der Waals surface area contributed by atoms with Crippen molar-refractivity contribution in [3.05, 3.63) is 36.5 Å². The molecule has 2 bridgehead atoms. The van der Waals surface area contributed by atoms with Crippen molar-refractivity contribution >= 4 is 0 Å². The Morgan fingerprint density at radius 1 is 1.08 bits per heavy atom. The molecular formula is C11H12N2. The minimum Gasteiger partial charge on any atom is -0.296 e. The Bertz CT molecular complexity index is 283. The number of nitrogens with zero attached hydrogens (tertiary/aromatic N) is 2. The monoisotopic (exact) mass is 172 g/mol. The summed E-state index contributed by atoms with van der Waals surface area (Å²) in [6.45, 7) is 0. The molecule has 0 N–H and O–H groups in total. The van der Waals surface area contributed by atoms with Gasteiger partial charge in [-0.05, 0) is 12.8 Å². The zero-order chi connectivity index (χ0) is 9.10. The molecule has 0 spiro atoms. The molecule has 0 aliphatic carbocycles. The lowest BCUT2D eigenvalue weighted by atomic mass is 10.1. The van der Waals surface area contributed by atoms with Gasteiger partial charge in [0.1, 0.15) is 0 Å². The molecule has 0 saturated heterocycles. The number of hydrogen-bond acceptors (Lipinski definition) is 2. The summed E-state index contributed by atoms with van der Waals surface area (Å²) in [5.74, 6) is 0. The Labute approximate surface area is 78.5 Å². The van der Waals surface area contributed by atoms with E-state index in [9.17, 15) is 0 Å². The summed E-state index contributed by atoms with van der Waals surface area (Å²) in [5.41, 5.74) is 0. The van der Waals surface area contributed by atoms with Gasteiger partial charge in [0.25, 0.3) is 0 Å². The van der Waals surface area contributed by atoms with Crippen molar-refractivity contribution in [1.82, 2.24) is 4.90 Å². The first-order valence-electron chi connectivity index (χ1n) is 4.60.